The van der Waals surface area contributed by atoms with E-state index in [1.54, 1.807) is 24.6 Å². The second-order valence-corrected chi connectivity index (χ2v) is 10.9. The van der Waals surface area contributed by atoms with Gasteiger partial charge in [-0.1, -0.05) is 49.9 Å². The van der Waals surface area contributed by atoms with Crippen LogP contribution in [0.2, 0.25) is 0 Å². The monoisotopic (exact) mass is 478 g/mol. The van der Waals surface area contributed by atoms with Crippen LogP contribution in [0.5, 0.6) is 0 Å². The van der Waals surface area contributed by atoms with Gasteiger partial charge in [0.05, 0.1) is 11.4 Å². The van der Waals surface area contributed by atoms with E-state index >= 15 is 0 Å². The predicted molar refractivity (Wildman–Crippen MR) is 129 cm³/mol. The minimum atomic E-state index is -1.22. The lowest BCUT2D eigenvalue weighted by Gasteiger charge is -2.26. The Labute approximate surface area is 199 Å². The Morgan fingerprint density at radius 2 is 2.12 bits per heavy atom. The van der Waals surface area contributed by atoms with Crippen LogP contribution in [0.15, 0.2) is 46.0 Å². The lowest BCUT2D eigenvalue weighted by Crippen LogP contribution is -2.39. The van der Waals surface area contributed by atoms with Gasteiger partial charge in [0.2, 0.25) is 11.2 Å². The molecule has 0 aliphatic carbocycles. The van der Waals surface area contributed by atoms with Gasteiger partial charge in [-0.3, -0.25) is 9.59 Å². The molecule has 0 amide bonds. The molecule has 0 aromatic carbocycles. The van der Waals surface area contributed by atoms with E-state index in [0.717, 1.165) is 36.6 Å². The standard InChI is InChI=1S/C24H35N3O5S/c1-6-16(2)13-24(5)20(30)18(22(32)33-24)10-8-7-9-17-14-27(26-25-17)12-11-19(29)21(31)23(3,4)15-28/h6,13-14,17,21,28,31H,1,7-12,15H2,2-5H3/p+1/b16-13+/t17?,21-,24+/m0/s1. The number of ketones is 1. The third-order valence-electron chi connectivity index (χ3n) is 6.01. The number of aliphatic hydroxyl groups is 3. The summed E-state index contributed by atoms with van der Waals surface area (Å²) in [6, 6.07) is -0.0985. The number of allylic oxidation sites excluding steroid dienone is 2. The molecule has 0 fully saturated rings. The zero-order valence-corrected chi connectivity index (χ0v) is 20.8. The summed E-state index contributed by atoms with van der Waals surface area (Å²) in [5.41, 5.74) is 0.514. The number of Topliss-reactive ketones (excluding diaryl/α,β-unsaturated/α-hetero) is 1. The average Bonchev–Trinajstić information content (AvgIpc) is 3.31. The van der Waals surface area contributed by atoms with E-state index in [-0.39, 0.29) is 35.7 Å². The number of carbonyl (C=O) groups excluding carboxylic acids is 2. The molecule has 1 unspecified atom stereocenters. The van der Waals surface area contributed by atoms with Crippen molar-refractivity contribution in [1.82, 2.24) is 0 Å². The molecule has 2 heterocycles. The van der Waals surface area contributed by atoms with E-state index in [0.29, 0.717) is 18.5 Å². The lowest BCUT2D eigenvalue weighted by atomic mass is 9.84. The minimum absolute atomic E-state index is 0.0855. The Kier molecular flexibility index (Phi) is 9.34. The van der Waals surface area contributed by atoms with Gasteiger partial charge in [-0.05, 0) is 33.1 Å². The maximum Gasteiger partial charge on any atom is 0.222 e. The first kappa shape index (κ1) is 27.1. The third kappa shape index (κ3) is 6.94. The molecule has 0 saturated carbocycles. The maximum atomic E-state index is 12.4. The number of aliphatic hydroxyl groups excluding tert-OH is 3. The van der Waals surface area contributed by atoms with Crippen molar-refractivity contribution in [3.63, 3.8) is 0 Å². The predicted octanol–water partition coefficient (Wildman–Crippen LogP) is 3.69. The summed E-state index contributed by atoms with van der Waals surface area (Å²) in [7, 11) is 0. The lowest BCUT2D eigenvalue weighted by molar-refractivity contribution is -0.530. The molecule has 3 atom stereocenters. The van der Waals surface area contributed by atoms with Gasteiger partial charge in [0.1, 0.15) is 29.8 Å². The van der Waals surface area contributed by atoms with Crippen LogP contribution in [-0.2, 0) is 9.59 Å². The first-order chi connectivity index (χ1) is 15.4. The van der Waals surface area contributed by atoms with Crippen LogP contribution in [0.25, 0.3) is 0 Å². The van der Waals surface area contributed by atoms with Gasteiger partial charge in [0.15, 0.2) is 5.78 Å². The Bertz CT molecular complexity index is 906. The molecule has 9 heteroatoms. The number of rotatable bonds is 13. The second-order valence-electron chi connectivity index (χ2n) is 9.51. The molecule has 2 rings (SSSR count). The van der Waals surface area contributed by atoms with E-state index in [9.17, 15) is 24.9 Å². The van der Waals surface area contributed by atoms with Crippen molar-refractivity contribution < 1.29 is 29.6 Å². The second kappa shape index (κ2) is 11.4. The minimum Gasteiger partial charge on any atom is -0.510 e. The fourth-order valence-corrected chi connectivity index (χ4v) is 4.86. The molecule has 3 N–H and O–H groups in total. The van der Waals surface area contributed by atoms with Crippen molar-refractivity contribution in [2.45, 2.75) is 76.7 Å². The van der Waals surface area contributed by atoms with Gasteiger partial charge < -0.3 is 15.3 Å². The summed E-state index contributed by atoms with van der Waals surface area (Å²) in [6.45, 7) is 10.8. The SMILES string of the molecule is C=C/C(C)=C/[C@@]1(C)SC(=O)C(CCCCC2C=[N+](CCC(=O)[C@H](O)C(C)(C)CO)N=N2)=C1O. The summed E-state index contributed by atoms with van der Waals surface area (Å²) >= 11 is 1.13. The van der Waals surface area contributed by atoms with Crippen molar-refractivity contribution in [3.05, 3.63) is 35.6 Å². The zero-order chi connectivity index (χ0) is 24.8. The largest absolute Gasteiger partial charge is 0.510 e. The van der Waals surface area contributed by atoms with Crippen molar-refractivity contribution in [2.24, 2.45) is 15.8 Å². The highest BCUT2D eigenvalue weighted by Gasteiger charge is 2.41. The molecule has 2 aliphatic rings. The van der Waals surface area contributed by atoms with Gasteiger partial charge in [-0.15, -0.1) is 4.68 Å². The van der Waals surface area contributed by atoms with E-state index in [2.05, 4.69) is 16.9 Å². The molecular formula is C24H36N3O5S+. The molecule has 0 aromatic rings. The van der Waals surface area contributed by atoms with Crippen molar-refractivity contribution in [1.29, 1.82) is 0 Å². The number of hydrogen-bond donors (Lipinski definition) is 3. The Morgan fingerprint density at radius 3 is 2.76 bits per heavy atom. The quantitative estimate of drug-likeness (QED) is 0.211. The van der Waals surface area contributed by atoms with Crippen LogP contribution < -0.4 is 0 Å². The maximum absolute atomic E-state index is 12.4. The van der Waals surface area contributed by atoms with Gasteiger partial charge in [0, 0.05) is 28.9 Å². The van der Waals surface area contributed by atoms with Gasteiger partial charge in [-0.25, -0.2) is 0 Å². The van der Waals surface area contributed by atoms with E-state index < -0.39 is 16.3 Å². The molecule has 2 aliphatic heterocycles. The van der Waals surface area contributed by atoms with Crippen molar-refractivity contribution >= 4 is 28.9 Å². The molecule has 182 valence electrons. The van der Waals surface area contributed by atoms with Gasteiger partial charge in [-0.2, -0.15) is 0 Å². The van der Waals surface area contributed by atoms with E-state index in [1.165, 1.54) is 0 Å². The van der Waals surface area contributed by atoms with E-state index in [1.807, 2.05) is 26.1 Å². The molecule has 0 aromatic heterocycles. The highest BCUT2D eigenvalue weighted by molar-refractivity contribution is 8.16. The van der Waals surface area contributed by atoms with Crippen LogP contribution in [0.3, 0.4) is 0 Å². The number of carbonyl (C=O) groups is 2. The van der Waals surface area contributed by atoms with Crippen LogP contribution in [0.1, 0.15) is 59.8 Å². The third-order valence-corrected chi connectivity index (χ3v) is 7.17. The average molecular weight is 479 g/mol. The highest BCUT2D eigenvalue weighted by atomic mass is 32.2. The smallest absolute Gasteiger partial charge is 0.222 e. The fraction of sp³-hybridized carbons (Fsp3) is 0.625. The fourth-order valence-electron chi connectivity index (χ4n) is 3.69. The molecule has 0 saturated heterocycles. The topological polar surface area (TPSA) is 123 Å². The van der Waals surface area contributed by atoms with Gasteiger partial charge >= 0.3 is 0 Å². The van der Waals surface area contributed by atoms with Crippen LogP contribution in [-0.4, -0.2) is 67.2 Å². The van der Waals surface area contributed by atoms with Crippen molar-refractivity contribution in [3.8, 4) is 0 Å². The summed E-state index contributed by atoms with van der Waals surface area (Å²) in [5.74, 6) is -0.202. The molecular weight excluding hydrogens is 442 g/mol. The summed E-state index contributed by atoms with van der Waals surface area (Å²) in [6.07, 6.45) is 7.11. The molecule has 8 nitrogen and oxygen atoms in total. The zero-order valence-electron chi connectivity index (χ0n) is 20.0. The number of nitrogens with zero attached hydrogens (tertiary/aromatic N) is 3. The van der Waals surface area contributed by atoms with Crippen LogP contribution in [0, 0.1) is 5.41 Å². The number of thioether (sulfide) groups is 1. The first-order valence-corrected chi connectivity index (χ1v) is 12.1. The Balaban J connectivity index is 1.80. The first-order valence-electron chi connectivity index (χ1n) is 11.3. The number of hydrogen-bond acceptors (Lipinski definition) is 8. The normalized spacial score (nSPS) is 24.4. The Morgan fingerprint density at radius 1 is 1.42 bits per heavy atom. The summed E-state index contributed by atoms with van der Waals surface area (Å²) < 4.78 is 0.864. The summed E-state index contributed by atoms with van der Waals surface area (Å²) in [5, 5.41) is 38.2. The molecule has 0 radical (unpaired) electrons. The summed E-state index contributed by atoms with van der Waals surface area (Å²) in [4.78, 5) is 24.6. The van der Waals surface area contributed by atoms with Gasteiger partial charge in [0.25, 0.3) is 0 Å². The van der Waals surface area contributed by atoms with Crippen LogP contribution in [0.4, 0.5) is 0 Å². The molecule has 0 bridgehead atoms. The number of unbranched alkanes of at least 4 members (excludes halogenated alkanes) is 1. The highest BCUT2D eigenvalue weighted by Crippen LogP contribution is 2.45. The molecule has 0 spiro atoms. The molecule has 33 heavy (non-hydrogen) atoms. The van der Waals surface area contributed by atoms with Crippen LogP contribution >= 0.6 is 11.8 Å². The Hall–Kier alpha value is -2.10. The van der Waals surface area contributed by atoms with E-state index in [4.69, 9.17) is 0 Å². The van der Waals surface area contributed by atoms with Crippen molar-refractivity contribution in [2.75, 3.05) is 13.2 Å².